The summed E-state index contributed by atoms with van der Waals surface area (Å²) < 4.78 is 14.4. The molecule has 3 aromatic rings. The number of hydrogen-bond donors (Lipinski definition) is 1. The maximum atomic E-state index is 13.3. The van der Waals surface area contributed by atoms with E-state index in [2.05, 4.69) is 20.3 Å². The van der Waals surface area contributed by atoms with E-state index in [1.807, 2.05) is 19.2 Å². The topological polar surface area (TPSA) is 50.7 Å². The van der Waals surface area contributed by atoms with Gasteiger partial charge < -0.3 is 5.32 Å². The molecule has 7 heteroatoms. The van der Waals surface area contributed by atoms with Crippen LogP contribution in [-0.2, 0) is 0 Å². The number of thioether (sulfide) groups is 1. The van der Waals surface area contributed by atoms with Crippen molar-refractivity contribution in [2.24, 2.45) is 0 Å². The summed E-state index contributed by atoms with van der Waals surface area (Å²) in [5.74, 6) is 0.252. The predicted octanol–water partition coefficient (Wildman–Crippen LogP) is 4.82. The van der Waals surface area contributed by atoms with Gasteiger partial charge in [0.25, 0.3) is 0 Å². The van der Waals surface area contributed by atoms with Crippen molar-refractivity contribution in [3.63, 3.8) is 0 Å². The Balaban J connectivity index is 1.90. The number of aryl methyl sites for hydroxylation is 2. The van der Waals surface area contributed by atoms with E-state index in [4.69, 9.17) is 0 Å². The van der Waals surface area contributed by atoms with Crippen LogP contribution in [0.3, 0.4) is 0 Å². The maximum Gasteiger partial charge on any atom is 0.227 e. The molecule has 0 aliphatic carbocycles. The van der Waals surface area contributed by atoms with E-state index in [1.54, 1.807) is 48.4 Å². The summed E-state index contributed by atoms with van der Waals surface area (Å²) >= 11 is 3.24. The molecule has 0 unspecified atom stereocenters. The molecule has 3 rings (SSSR count). The monoisotopic (exact) mass is 346 g/mol. The van der Waals surface area contributed by atoms with Gasteiger partial charge in [-0.05, 0) is 49.9 Å². The highest BCUT2D eigenvalue weighted by atomic mass is 32.2. The van der Waals surface area contributed by atoms with Crippen LogP contribution in [0.25, 0.3) is 10.6 Å². The van der Waals surface area contributed by atoms with Gasteiger partial charge in [0.05, 0.1) is 16.3 Å². The summed E-state index contributed by atoms with van der Waals surface area (Å²) in [5, 5.41) is 3.11. The minimum Gasteiger partial charge on any atom is -0.324 e. The number of hydrogen-bond acceptors (Lipinski definition) is 6. The van der Waals surface area contributed by atoms with Gasteiger partial charge in [-0.1, -0.05) is 11.8 Å². The standard InChI is InChI=1S/C16H15FN4S2/c1-9-8-11(4-5-12(9)17)20-15-18-7-6-13(21-15)14-10(2)19-16(22-3)23-14/h4-8H,1-3H3,(H,18,20,21). The van der Waals surface area contributed by atoms with Crippen molar-refractivity contribution in [1.29, 1.82) is 0 Å². The molecule has 0 saturated heterocycles. The van der Waals surface area contributed by atoms with Crippen molar-refractivity contribution in [2.75, 3.05) is 11.6 Å². The molecule has 0 spiro atoms. The molecule has 0 aliphatic heterocycles. The van der Waals surface area contributed by atoms with Crippen LogP contribution >= 0.6 is 23.1 Å². The number of nitrogens with one attached hydrogen (secondary N) is 1. The molecular weight excluding hydrogens is 331 g/mol. The van der Waals surface area contributed by atoms with Crippen LogP contribution in [0.15, 0.2) is 34.8 Å². The average molecular weight is 346 g/mol. The lowest BCUT2D eigenvalue weighted by Crippen LogP contribution is -1.98. The van der Waals surface area contributed by atoms with Crippen molar-refractivity contribution >= 4 is 34.7 Å². The highest BCUT2D eigenvalue weighted by Gasteiger charge is 2.11. The SMILES string of the molecule is CSc1nc(C)c(-c2ccnc(Nc3ccc(F)c(C)c3)n2)s1. The fourth-order valence-corrected chi connectivity index (χ4v) is 3.67. The van der Waals surface area contributed by atoms with Crippen LogP contribution in [0.4, 0.5) is 16.0 Å². The van der Waals surface area contributed by atoms with E-state index in [0.717, 1.165) is 26.3 Å². The molecule has 0 fully saturated rings. The van der Waals surface area contributed by atoms with Gasteiger partial charge in [-0.3, -0.25) is 0 Å². The summed E-state index contributed by atoms with van der Waals surface area (Å²) in [6, 6.07) is 6.70. The Morgan fingerprint density at radius 1 is 1.17 bits per heavy atom. The summed E-state index contributed by atoms with van der Waals surface area (Å²) in [6.07, 6.45) is 3.71. The van der Waals surface area contributed by atoms with Crippen molar-refractivity contribution in [3.05, 3.63) is 47.5 Å². The fourth-order valence-electron chi connectivity index (χ4n) is 2.09. The molecule has 1 aromatic carbocycles. The highest BCUT2D eigenvalue weighted by Crippen LogP contribution is 2.33. The van der Waals surface area contributed by atoms with Crippen LogP contribution in [0, 0.1) is 19.7 Å². The van der Waals surface area contributed by atoms with Gasteiger partial charge in [-0.15, -0.1) is 11.3 Å². The Hall–Kier alpha value is -1.99. The number of aromatic nitrogens is 3. The second kappa shape index (κ2) is 6.64. The Bertz CT molecular complexity index is 848. The Morgan fingerprint density at radius 2 is 2.00 bits per heavy atom. The molecule has 118 valence electrons. The zero-order chi connectivity index (χ0) is 16.4. The molecule has 0 aliphatic rings. The number of thiazole rings is 1. The molecule has 0 amide bonds. The first-order valence-corrected chi connectivity index (χ1v) is 8.99. The minimum absolute atomic E-state index is 0.227. The van der Waals surface area contributed by atoms with Crippen LogP contribution in [0.1, 0.15) is 11.3 Å². The molecule has 0 bridgehead atoms. The van der Waals surface area contributed by atoms with Gasteiger partial charge in [0.2, 0.25) is 5.95 Å². The molecule has 2 aromatic heterocycles. The summed E-state index contributed by atoms with van der Waals surface area (Å²) in [4.78, 5) is 14.3. The van der Waals surface area contributed by atoms with Crippen LogP contribution < -0.4 is 5.32 Å². The largest absolute Gasteiger partial charge is 0.324 e. The highest BCUT2D eigenvalue weighted by molar-refractivity contribution is 8.00. The summed E-state index contributed by atoms with van der Waals surface area (Å²) in [6.45, 7) is 3.70. The summed E-state index contributed by atoms with van der Waals surface area (Å²) in [7, 11) is 0. The first-order valence-electron chi connectivity index (χ1n) is 6.95. The molecule has 23 heavy (non-hydrogen) atoms. The maximum absolute atomic E-state index is 13.3. The molecule has 4 nitrogen and oxygen atoms in total. The van der Waals surface area contributed by atoms with Gasteiger partial charge >= 0.3 is 0 Å². The van der Waals surface area contributed by atoms with Gasteiger partial charge in [-0.25, -0.2) is 19.3 Å². The third-order valence-electron chi connectivity index (χ3n) is 3.25. The van der Waals surface area contributed by atoms with Gasteiger partial charge in [0, 0.05) is 11.9 Å². The number of anilines is 2. The van der Waals surface area contributed by atoms with Gasteiger partial charge in [0.1, 0.15) is 5.82 Å². The quantitative estimate of drug-likeness (QED) is 0.686. The first kappa shape index (κ1) is 15.9. The lowest BCUT2D eigenvalue weighted by atomic mass is 10.2. The Kier molecular flexibility index (Phi) is 4.58. The molecule has 1 N–H and O–H groups in total. The van der Waals surface area contributed by atoms with Crippen molar-refractivity contribution in [2.45, 2.75) is 18.2 Å². The molecule has 0 saturated carbocycles. The lowest BCUT2D eigenvalue weighted by molar-refractivity contribution is 0.619. The average Bonchev–Trinajstić information content (AvgIpc) is 2.92. The van der Waals surface area contributed by atoms with Crippen molar-refractivity contribution in [3.8, 4) is 10.6 Å². The molecule has 2 heterocycles. The molecule has 0 radical (unpaired) electrons. The van der Waals surface area contributed by atoms with E-state index in [1.165, 1.54) is 6.07 Å². The summed E-state index contributed by atoms with van der Waals surface area (Å²) in [5.41, 5.74) is 3.12. The van der Waals surface area contributed by atoms with Crippen molar-refractivity contribution in [1.82, 2.24) is 15.0 Å². The predicted molar refractivity (Wildman–Crippen MR) is 94.1 cm³/mol. The van der Waals surface area contributed by atoms with Crippen LogP contribution in [-0.4, -0.2) is 21.2 Å². The second-order valence-electron chi connectivity index (χ2n) is 4.95. The molecule has 0 atom stereocenters. The minimum atomic E-state index is -0.227. The number of benzene rings is 1. The van der Waals surface area contributed by atoms with E-state index in [9.17, 15) is 4.39 Å². The third kappa shape index (κ3) is 3.51. The fraction of sp³-hybridized carbons (Fsp3) is 0.188. The third-order valence-corrected chi connectivity index (χ3v) is 5.42. The van der Waals surface area contributed by atoms with Crippen LogP contribution in [0.2, 0.25) is 0 Å². The Labute approximate surface area is 142 Å². The van der Waals surface area contributed by atoms with E-state index < -0.39 is 0 Å². The Morgan fingerprint density at radius 3 is 2.70 bits per heavy atom. The first-order chi connectivity index (χ1) is 11.1. The van der Waals surface area contributed by atoms with Crippen LogP contribution in [0.5, 0.6) is 0 Å². The van der Waals surface area contributed by atoms with Crippen molar-refractivity contribution < 1.29 is 4.39 Å². The normalized spacial score (nSPS) is 10.8. The zero-order valence-electron chi connectivity index (χ0n) is 12.9. The van der Waals surface area contributed by atoms with Gasteiger partial charge in [-0.2, -0.15) is 0 Å². The number of rotatable bonds is 4. The molecular formula is C16H15FN4S2. The lowest BCUT2D eigenvalue weighted by Gasteiger charge is -2.07. The van der Waals surface area contributed by atoms with E-state index in [-0.39, 0.29) is 5.82 Å². The second-order valence-corrected chi connectivity index (χ2v) is 7.01. The number of halogens is 1. The number of nitrogens with zero attached hydrogens (tertiary/aromatic N) is 3. The van der Waals surface area contributed by atoms with E-state index in [0.29, 0.717) is 11.5 Å². The van der Waals surface area contributed by atoms with Gasteiger partial charge in [0.15, 0.2) is 4.34 Å². The smallest absolute Gasteiger partial charge is 0.227 e. The zero-order valence-corrected chi connectivity index (χ0v) is 14.6. The van der Waals surface area contributed by atoms with E-state index >= 15 is 0 Å².